The highest BCUT2D eigenvalue weighted by Gasteiger charge is 2.21. The Morgan fingerprint density at radius 1 is 1.54 bits per heavy atom. The zero-order chi connectivity index (χ0) is 10.0. The number of hydrogen-bond donors (Lipinski definition) is 0. The van der Waals surface area contributed by atoms with Gasteiger partial charge in [0.25, 0.3) is 6.43 Å². The molecule has 0 aliphatic carbocycles. The molecule has 0 fully saturated rings. The number of nitrogens with zero attached hydrogens (tertiary/aromatic N) is 1. The molecule has 0 radical (unpaired) electrons. The molecule has 6 heteroatoms. The van der Waals surface area contributed by atoms with Crippen molar-refractivity contribution in [3.05, 3.63) is 27.7 Å². The Balaban J connectivity index is 3.43. The van der Waals surface area contributed by atoms with Gasteiger partial charge in [-0.25, -0.2) is 13.8 Å². The third kappa shape index (κ3) is 1.88. The molecule has 1 rings (SSSR count). The van der Waals surface area contributed by atoms with Gasteiger partial charge in [-0.3, -0.25) is 4.79 Å². The Kier molecular flexibility index (Phi) is 3.02. The highest BCUT2D eigenvalue weighted by atomic mass is 79.9. The predicted octanol–water partition coefficient (Wildman–Crippen LogP) is 2.73. The monoisotopic (exact) mass is 253 g/mol. The van der Waals surface area contributed by atoms with Crippen LogP contribution in [0.2, 0.25) is 0 Å². The van der Waals surface area contributed by atoms with E-state index in [4.69, 9.17) is 0 Å². The number of pyridine rings is 1. The number of aromatic nitrogens is 1. The van der Waals surface area contributed by atoms with Gasteiger partial charge >= 0.3 is 0 Å². The second kappa shape index (κ2) is 3.87. The number of alkyl halides is 2. The van der Waals surface area contributed by atoms with Gasteiger partial charge < -0.3 is 0 Å². The maximum Gasteiger partial charge on any atom is 0.268 e. The lowest BCUT2D eigenvalue weighted by molar-refractivity contribution is 0.110. The summed E-state index contributed by atoms with van der Waals surface area (Å²) in [4.78, 5) is 13.4. The molecule has 70 valence electrons. The molecule has 0 bridgehead atoms. The zero-order valence-electron chi connectivity index (χ0n) is 6.10. The van der Waals surface area contributed by atoms with Gasteiger partial charge in [-0.15, -0.1) is 0 Å². The van der Waals surface area contributed by atoms with Crippen LogP contribution in [0.4, 0.5) is 13.2 Å². The number of aldehydes is 1. The minimum Gasteiger partial charge on any atom is -0.298 e. The lowest BCUT2D eigenvalue weighted by Crippen LogP contribution is -2.01. The second-order valence-corrected chi connectivity index (χ2v) is 3.00. The van der Waals surface area contributed by atoms with Crippen molar-refractivity contribution in [3.8, 4) is 0 Å². The lowest BCUT2D eigenvalue weighted by Gasteiger charge is -2.05. The molecule has 1 aromatic heterocycles. The Bertz CT molecular complexity index is 343. The maximum absolute atomic E-state index is 12.7. The first-order chi connectivity index (χ1) is 6.07. The average Bonchev–Trinajstić information content (AvgIpc) is 2.07. The van der Waals surface area contributed by atoms with Crippen molar-refractivity contribution in [2.45, 2.75) is 6.43 Å². The van der Waals surface area contributed by atoms with Crippen molar-refractivity contribution in [2.75, 3.05) is 0 Å². The van der Waals surface area contributed by atoms with Gasteiger partial charge in [0.05, 0.1) is 5.56 Å². The molecule has 13 heavy (non-hydrogen) atoms. The molecule has 0 saturated heterocycles. The van der Waals surface area contributed by atoms with Crippen LogP contribution in [0.1, 0.15) is 22.3 Å². The molecule has 1 aromatic rings. The van der Waals surface area contributed by atoms with Gasteiger partial charge in [-0.1, -0.05) is 0 Å². The Hall–Kier alpha value is -0.910. The second-order valence-electron chi connectivity index (χ2n) is 2.14. The molecule has 2 nitrogen and oxygen atoms in total. The van der Waals surface area contributed by atoms with Crippen LogP contribution < -0.4 is 0 Å². The molecule has 0 aliphatic rings. The van der Waals surface area contributed by atoms with E-state index in [1.54, 1.807) is 0 Å². The first-order valence-corrected chi connectivity index (χ1v) is 3.94. The fraction of sp³-hybridized carbons (Fsp3) is 0.143. The van der Waals surface area contributed by atoms with Crippen LogP contribution in [0.3, 0.4) is 0 Å². The van der Waals surface area contributed by atoms with Crippen molar-refractivity contribution in [1.82, 2.24) is 4.98 Å². The summed E-state index contributed by atoms with van der Waals surface area (Å²) in [6.45, 7) is 0. The predicted molar refractivity (Wildman–Crippen MR) is 42.2 cm³/mol. The normalized spacial score (nSPS) is 10.5. The maximum atomic E-state index is 12.7. The molecule has 0 aromatic carbocycles. The van der Waals surface area contributed by atoms with Gasteiger partial charge in [0.15, 0.2) is 6.29 Å². The average molecular weight is 254 g/mol. The molecule has 0 saturated carbocycles. The van der Waals surface area contributed by atoms with Crippen molar-refractivity contribution in [3.63, 3.8) is 0 Å². The molecular weight excluding hydrogens is 251 g/mol. The number of halogens is 4. The molecule has 1 heterocycles. The van der Waals surface area contributed by atoms with Crippen molar-refractivity contribution >= 4 is 22.2 Å². The van der Waals surface area contributed by atoms with E-state index in [1.807, 2.05) is 0 Å². The summed E-state index contributed by atoms with van der Waals surface area (Å²) < 4.78 is 37.1. The highest BCUT2D eigenvalue weighted by Crippen LogP contribution is 2.28. The van der Waals surface area contributed by atoms with Crippen LogP contribution in [0.5, 0.6) is 0 Å². The first-order valence-electron chi connectivity index (χ1n) is 3.15. The molecule has 0 N–H and O–H groups in total. The largest absolute Gasteiger partial charge is 0.298 e. The Morgan fingerprint density at radius 2 is 2.15 bits per heavy atom. The van der Waals surface area contributed by atoms with Crippen LogP contribution >= 0.6 is 15.9 Å². The van der Waals surface area contributed by atoms with Gasteiger partial charge in [0, 0.05) is 16.2 Å². The summed E-state index contributed by atoms with van der Waals surface area (Å²) in [7, 11) is 0. The van der Waals surface area contributed by atoms with E-state index in [1.165, 1.54) is 0 Å². The minimum atomic E-state index is -3.05. The molecular formula is C7H3BrF3NO. The van der Waals surface area contributed by atoms with Crippen LogP contribution in [0.15, 0.2) is 10.7 Å². The molecule has 0 aliphatic heterocycles. The zero-order valence-corrected chi connectivity index (χ0v) is 7.69. The van der Waals surface area contributed by atoms with Crippen molar-refractivity contribution in [1.29, 1.82) is 0 Å². The summed E-state index contributed by atoms with van der Waals surface area (Å²) in [6, 6.07) is 0. The summed E-state index contributed by atoms with van der Waals surface area (Å²) in [5.41, 5.74) is -1.37. The van der Waals surface area contributed by atoms with Crippen LogP contribution in [-0.2, 0) is 0 Å². The number of carbonyl (C=O) groups is 1. The third-order valence-electron chi connectivity index (χ3n) is 1.40. The molecule has 0 atom stereocenters. The van der Waals surface area contributed by atoms with E-state index < -0.39 is 23.5 Å². The smallest absolute Gasteiger partial charge is 0.268 e. The van der Waals surface area contributed by atoms with E-state index in [0.717, 1.165) is 6.20 Å². The van der Waals surface area contributed by atoms with Gasteiger partial charge in [0.1, 0.15) is 0 Å². The van der Waals surface area contributed by atoms with Crippen molar-refractivity contribution in [2.24, 2.45) is 0 Å². The highest BCUT2D eigenvalue weighted by molar-refractivity contribution is 9.10. The van der Waals surface area contributed by atoms with E-state index in [-0.39, 0.29) is 10.8 Å². The first kappa shape index (κ1) is 10.2. The van der Waals surface area contributed by atoms with E-state index in [9.17, 15) is 18.0 Å². The standard InChI is InChI=1S/C7H3BrF3NO/c8-4-1-12-7(11)5(6(9)10)3(4)2-13/h1-2,6H. The summed E-state index contributed by atoms with van der Waals surface area (Å²) >= 11 is 2.82. The summed E-state index contributed by atoms with van der Waals surface area (Å²) in [5, 5.41) is 0. The van der Waals surface area contributed by atoms with Crippen molar-refractivity contribution < 1.29 is 18.0 Å². The summed E-state index contributed by atoms with van der Waals surface area (Å²) in [5.74, 6) is -1.32. The number of carbonyl (C=O) groups excluding carboxylic acids is 1. The lowest BCUT2D eigenvalue weighted by atomic mass is 10.1. The molecule has 0 amide bonds. The number of hydrogen-bond acceptors (Lipinski definition) is 2. The van der Waals surface area contributed by atoms with E-state index in [2.05, 4.69) is 20.9 Å². The Labute approximate surface area is 79.9 Å². The van der Waals surface area contributed by atoms with Crippen LogP contribution in [-0.4, -0.2) is 11.3 Å². The molecule has 0 unspecified atom stereocenters. The van der Waals surface area contributed by atoms with E-state index >= 15 is 0 Å². The summed E-state index contributed by atoms with van der Waals surface area (Å²) in [6.07, 6.45) is -1.92. The minimum absolute atomic E-state index is 0.0548. The van der Waals surface area contributed by atoms with Gasteiger partial charge in [-0.2, -0.15) is 4.39 Å². The molecule has 0 spiro atoms. The SMILES string of the molecule is O=Cc1c(Br)cnc(F)c1C(F)F. The van der Waals surface area contributed by atoms with Gasteiger partial charge in [-0.05, 0) is 15.9 Å². The van der Waals surface area contributed by atoms with Gasteiger partial charge in [0.2, 0.25) is 5.95 Å². The van der Waals surface area contributed by atoms with Crippen LogP contribution in [0, 0.1) is 5.95 Å². The topological polar surface area (TPSA) is 30.0 Å². The number of rotatable bonds is 2. The fourth-order valence-corrected chi connectivity index (χ4v) is 1.23. The third-order valence-corrected chi connectivity index (χ3v) is 2.03. The quantitative estimate of drug-likeness (QED) is 0.600. The van der Waals surface area contributed by atoms with E-state index in [0.29, 0.717) is 0 Å². The van der Waals surface area contributed by atoms with Crippen LogP contribution in [0.25, 0.3) is 0 Å². The fourth-order valence-electron chi connectivity index (χ4n) is 0.820. The Morgan fingerprint density at radius 3 is 2.54 bits per heavy atom.